The molecule has 1 saturated heterocycles. The van der Waals surface area contributed by atoms with E-state index < -0.39 is 0 Å². The zero-order valence-electron chi connectivity index (χ0n) is 8.57. The maximum atomic E-state index is 4.15. The van der Waals surface area contributed by atoms with Crippen molar-refractivity contribution in [3.05, 3.63) is 29.8 Å². The fourth-order valence-electron chi connectivity index (χ4n) is 1.40. The van der Waals surface area contributed by atoms with Crippen LogP contribution in [-0.2, 0) is 0 Å². The van der Waals surface area contributed by atoms with Crippen LogP contribution in [-0.4, -0.2) is 31.2 Å². The maximum absolute atomic E-state index is 4.15. The molecule has 0 spiro atoms. The van der Waals surface area contributed by atoms with Gasteiger partial charge in [-0.05, 0) is 23.6 Å². The van der Waals surface area contributed by atoms with E-state index >= 15 is 0 Å². The lowest BCUT2D eigenvalue weighted by Crippen LogP contribution is -2.39. The Morgan fingerprint density at radius 1 is 1.07 bits per heavy atom. The van der Waals surface area contributed by atoms with Crippen molar-refractivity contribution in [3.63, 3.8) is 0 Å². The number of piperazine rings is 1. The molecule has 2 aromatic heterocycles. The number of aromatic nitrogens is 1. The average Bonchev–Trinajstić information content (AvgIpc) is 2.80. The average molecular weight is 221 g/mol. The standard InChI is InChI=1S/C7H5NS.C4H10N2/c1-2-7-6(8-4-1)3-5-9-7;1-2-6-4-3-5-1/h1-5H;5-6H,1-4H2. The van der Waals surface area contributed by atoms with Gasteiger partial charge in [0, 0.05) is 32.4 Å². The molecule has 3 nitrogen and oxygen atoms in total. The summed E-state index contributed by atoms with van der Waals surface area (Å²) in [6.07, 6.45) is 1.81. The van der Waals surface area contributed by atoms with Crippen molar-refractivity contribution in [3.8, 4) is 0 Å². The molecule has 0 atom stereocenters. The SMILES string of the molecule is C1CNCCN1.c1cnc2ccsc2c1. The minimum absolute atomic E-state index is 1.10. The highest BCUT2D eigenvalue weighted by Crippen LogP contribution is 2.16. The van der Waals surface area contributed by atoms with E-state index in [1.54, 1.807) is 11.3 Å². The van der Waals surface area contributed by atoms with E-state index in [9.17, 15) is 0 Å². The van der Waals surface area contributed by atoms with Crippen molar-refractivity contribution < 1.29 is 0 Å². The van der Waals surface area contributed by atoms with Crippen LogP contribution in [0.3, 0.4) is 0 Å². The van der Waals surface area contributed by atoms with Crippen LogP contribution in [0.5, 0.6) is 0 Å². The highest BCUT2D eigenvalue weighted by atomic mass is 32.1. The summed E-state index contributed by atoms with van der Waals surface area (Å²) in [5.41, 5.74) is 1.10. The lowest BCUT2D eigenvalue weighted by molar-refractivity contribution is 0.534. The Hall–Kier alpha value is -0.970. The van der Waals surface area contributed by atoms with Gasteiger partial charge in [-0.25, -0.2) is 0 Å². The normalized spacial score (nSPS) is 15.7. The molecule has 3 rings (SSSR count). The molecule has 0 unspecified atom stereocenters. The first kappa shape index (κ1) is 10.5. The first-order valence-corrected chi connectivity index (χ1v) is 6.04. The summed E-state index contributed by atoms with van der Waals surface area (Å²) in [5, 5.41) is 8.50. The quantitative estimate of drug-likeness (QED) is 0.707. The van der Waals surface area contributed by atoms with Crippen LogP contribution in [0.25, 0.3) is 10.2 Å². The summed E-state index contributed by atoms with van der Waals surface area (Å²) in [4.78, 5) is 4.15. The van der Waals surface area contributed by atoms with E-state index in [4.69, 9.17) is 0 Å². The number of thiophene rings is 1. The fourth-order valence-corrected chi connectivity index (χ4v) is 2.15. The summed E-state index contributed by atoms with van der Waals surface area (Å²) in [6.45, 7) is 4.56. The third-order valence-electron chi connectivity index (χ3n) is 2.18. The Morgan fingerprint density at radius 2 is 1.80 bits per heavy atom. The molecule has 2 aromatic rings. The minimum atomic E-state index is 1.10. The van der Waals surface area contributed by atoms with Gasteiger partial charge in [-0.1, -0.05) is 0 Å². The topological polar surface area (TPSA) is 37.0 Å². The number of pyridine rings is 1. The van der Waals surface area contributed by atoms with Gasteiger partial charge in [0.25, 0.3) is 0 Å². The van der Waals surface area contributed by atoms with Crippen LogP contribution in [0.4, 0.5) is 0 Å². The first-order valence-electron chi connectivity index (χ1n) is 5.16. The molecule has 15 heavy (non-hydrogen) atoms. The summed E-state index contributed by atoms with van der Waals surface area (Å²) in [6, 6.07) is 6.06. The van der Waals surface area contributed by atoms with E-state index in [2.05, 4.69) is 27.1 Å². The highest BCUT2D eigenvalue weighted by molar-refractivity contribution is 7.17. The molecule has 0 bridgehead atoms. The molecular formula is C11H15N3S. The largest absolute Gasteiger partial charge is 0.314 e. The Balaban J connectivity index is 0.000000124. The molecule has 0 radical (unpaired) electrons. The second-order valence-electron chi connectivity index (χ2n) is 3.31. The molecule has 0 amide bonds. The molecule has 2 N–H and O–H groups in total. The van der Waals surface area contributed by atoms with Gasteiger partial charge >= 0.3 is 0 Å². The molecule has 0 aromatic carbocycles. The van der Waals surface area contributed by atoms with Crippen LogP contribution >= 0.6 is 11.3 Å². The number of nitrogens with zero attached hydrogens (tertiary/aromatic N) is 1. The molecule has 0 saturated carbocycles. The van der Waals surface area contributed by atoms with Crippen molar-refractivity contribution in [1.82, 2.24) is 15.6 Å². The van der Waals surface area contributed by atoms with Gasteiger partial charge in [0.05, 0.1) is 10.2 Å². The number of hydrogen-bond donors (Lipinski definition) is 2. The van der Waals surface area contributed by atoms with Crippen molar-refractivity contribution in [2.24, 2.45) is 0 Å². The van der Waals surface area contributed by atoms with Gasteiger partial charge in [0.2, 0.25) is 0 Å². The summed E-state index contributed by atoms with van der Waals surface area (Å²) < 4.78 is 1.26. The van der Waals surface area contributed by atoms with Crippen LogP contribution in [0.2, 0.25) is 0 Å². The van der Waals surface area contributed by atoms with Crippen molar-refractivity contribution in [2.75, 3.05) is 26.2 Å². The van der Waals surface area contributed by atoms with Gasteiger partial charge in [0.1, 0.15) is 0 Å². The zero-order chi connectivity index (χ0) is 10.3. The van der Waals surface area contributed by atoms with Crippen molar-refractivity contribution in [2.45, 2.75) is 0 Å². The zero-order valence-corrected chi connectivity index (χ0v) is 9.39. The number of rotatable bonds is 0. The van der Waals surface area contributed by atoms with E-state index in [1.165, 1.54) is 4.70 Å². The van der Waals surface area contributed by atoms with E-state index in [1.807, 2.05) is 18.3 Å². The molecule has 80 valence electrons. The molecule has 3 heterocycles. The number of hydrogen-bond acceptors (Lipinski definition) is 4. The van der Waals surface area contributed by atoms with Gasteiger partial charge in [0.15, 0.2) is 0 Å². The highest BCUT2D eigenvalue weighted by Gasteiger charge is 1.91. The molecular weight excluding hydrogens is 206 g/mol. The number of fused-ring (bicyclic) bond motifs is 1. The number of nitrogens with one attached hydrogen (secondary N) is 2. The van der Waals surface area contributed by atoms with Crippen molar-refractivity contribution in [1.29, 1.82) is 0 Å². The van der Waals surface area contributed by atoms with E-state index in [-0.39, 0.29) is 0 Å². The van der Waals surface area contributed by atoms with Crippen LogP contribution in [0.15, 0.2) is 29.8 Å². The Kier molecular flexibility index (Phi) is 4.08. The summed E-state index contributed by atoms with van der Waals surface area (Å²) >= 11 is 1.72. The Morgan fingerprint density at radius 3 is 2.40 bits per heavy atom. The molecule has 1 fully saturated rings. The third kappa shape index (κ3) is 3.27. The smallest absolute Gasteiger partial charge is 0.0809 e. The summed E-state index contributed by atoms with van der Waals surface area (Å²) in [7, 11) is 0. The second-order valence-corrected chi connectivity index (χ2v) is 4.26. The van der Waals surface area contributed by atoms with Crippen LogP contribution in [0, 0.1) is 0 Å². The van der Waals surface area contributed by atoms with Gasteiger partial charge in [-0.15, -0.1) is 11.3 Å². The summed E-state index contributed by atoms with van der Waals surface area (Å²) in [5.74, 6) is 0. The second kappa shape index (κ2) is 5.80. The van der Waals surface area contributed by atoms with E-state index in [0.29, 0.717) is 0 Å². The third-order valence-corrected chi connectivity index (χ3v) is 3.05. The van der Waals surface area contributed by atoms with Gasteiger partial charge in [-0.3, -0.25) is 4.98 Å². The minimum Gasteiger partial charge on any atom is -0.314 e. The molecule has 1 aliphatic rings. The van der Waals surface area contributed by atoms with Gasteiger partial charge in [-0.2, -0.15) is 0 Å². The lowest BCUT2D eigenvalue weighted by Gasteiger charge is -2.11. The van der Waals surface area contributed by atoms with Crippen molar-refractivity contribution >= 4 is 21.6 Å². The Bertz CT molecular complexity index is 354. The Labute approximate surface area is 93.5 Å². The fraction of sp³-hybridized carbons (Fsp3) is 0.364. The predicted molar refractivity (Wildman–Crippen MR) is 65.4 cm³/mol. The molecule has 0 aliphatic carbocycles. The van der Waals surface area contributed by atoms with Crippen LogP contribution in [0.1, 0.15) is 0 Å². The predicted octanol–water partition coefficient (Wildman–Crippen LogP) is 1.48. The molecule has 1 aliphatic heterocycles. The molecule has 4 heteroatoms. The van der Waals surface area contributed by atoms with Crippen LogP contribution < -0.4 is 10.6 Å². The monoisotopic (exact) mass is 221 g/mol. The van der Waals surface area contributed by atoms with E-state index in [0.717, 1.165) is 31.7 Å². The van der Waals surface area contributed by atoms with Gasteiger partial charge < -0.3 is 10.6 Å². The maximum Gasteiger partial charge on any atom is 0.0809 e. The first-order chi connectivity index (χ1) is 7.47. The lowest BCUT2D eigenvalue weighted by atomic mass is 10.4.